The molecule has 136 valence electrons. The second-order valence-electron chi connectivity index (χ2n) is 6.17. The minimum Gasteiger partial charge on any atom is -0.381 e. The van der Waals surface area contributed by atoms with E-state index in [0.717, 1.165) is 23.0 Å². The Balaban J connectivity index is 1.88. The van der Waals surface area contributed by atoms with Gasteiger partial charge in [-0.25, -0.2) is 4.68 Å². The molecule has 0 atom stereocenters. The number of nitriles is 1. The van der Waals surface area contributed by atoms with Gasteiger partial charge in [0.05, 0.1) is 23.9 Å². The van der Waals surface area contributed by atoms with Crippen molar-refractivity contribution in [1.82, 2.24) is 19.9 Å². The highest BCUT2D eigenvalue weighted by molar-refractivity contribution is 9.10. The molecule has 1 amide bonds. The van der Waals surface area contributed by atoms with E-state index in [9.17, 15) is 4.79 Å². The highest BCUT2D eigenvalue weighted by atomic mass is 79.9. The summed E-state index contributed by atoms with van der Waals surface area (Å²) in [7, 11) is 0. The van der Waals surface area contributed by atoms with E-state index >= 15 is 0 Å². The van der Waals surface area contributed by atoms with Crippen LogP contribution in [0.5, 0.6) is 0 Å². The number of hydrogen-bond acceptors (Lipinski definition) is 5. The van der Waals surface area contributed by atoms with E-state index in [0.29, 0.717) is 37.6 Å². The van der Waals surface area contributed by atoms with Gasteiger partial charge in [-0.2, -0.15) is 5.26 Å². The van der Waals surface area contributed by atoms with Gasteiger partial charge in [0, 0.05) is 30.3 Å². The number of carbonyl (C=O) groups is 1. The highest BCUT2D eigenvalue weighted by Crippen LogP contribution is 2.21. The fraction of sp³-hybridized carbons (Fsp3) is 0.444. The molecular formula is C18H20BrN5O2. The van der Waals surface area contributed by atoms with Gasteiger partial charge < -0.3 is 9.64 Å². The third-order valence-corrected chi connectivity index (χ3v) is 5.00. The maximum absolute atomic E-state index is 13.1. The molecule has 0 N–H and O–H groups in total. The van der Waals surface area contributed by atoms with Gasteiger partial charge in [0.25, 0.3) is 5.91 Å². The minimum absolute atomic E-state index is 0.0695. The number of ether oxygens (including phenoxy) is 1. The normalized spacial score (nSPS) is 14.8. The molecule has 1 aromatic carbocycles. The standard InChI is InChI=1S/C18H20BrN5O2/c1-13-17(21-22-24(13)16-5-2-4-14(19)12-16)18(25)23(9-3-8-20)15-6-10-26-11-7-15/h2,4-5,12,15H,3,6-7,9-11H2,1H3. The van der Waals surface area contributed by atoms with Crippen molar-refractivity contribution in [2.24, 2.45) is 0 Å². The molecule has 0 bridgehead atoms. The van der Waals surface area contributed by atoms with E-state index in [-0.39, 0.29) is 11.9 Å². The van der Waals surface area contributed by atoms with Crippen LogP contribution in [-0.2, 0) is 4.74 Å². The first kappa shape index (κ1) is 18.5. The van der Waals surface area contributed by atoms with E-state index in [1.54, 1.807) is 9.58 Å². The van der Waals surface area contributed by atoms with Crippen LogP contribution in [0.4, 0.5) is 0 Å². The lowest BCUT2D eigenvalue weighted by molar-refractivity contribution is 0.0292. The van der Waals surface area contributed by atoms with Crippen LogP contribution < -0.4 is 0 Å². The first-order valence-electron chi connectivity index (χ1n) is 8.55. The number of amides is 1. The van der Waals surface area contributed by atoms with Gasteiger partial charge in [0.2, 0.25) is 0 Å². The van der Waals surface area contributed by atoms with Crippen molar-refractivity contribution in [3.63, 3.8) is 0 Å². The van der Waals surface area contributed by atoms with Crippen molar-refractivity contribution < 1.29 is 9.53 Å². The van der Waals surface area contributed by atoms with Crippen molar-refractivity contribution in [2.75, 3.05) is 19.8 Å². The number of hydrogen-bond donors (Lipinski definition) is 0. The zero-order chi connectivity index (χ0) is 18.5. The first-order chi connectivity index (χ1) is 12.6. The molecule has 8 heteroatoms. The molecule has 1 fully saturated rings. The number of halogens is 1. The average Bonchev–Trinajstić information content (AvgIpc) is 3.04. The van der Waals surface area contributed by atoms with Crippen molar-refractivity contribution in [3.8, 4) is 11.8 Å². The van der Waals surface area contributed by atoms with Crippen molar-refractivity contribution in [2.45, 2.75) is 32.2 Å². The average molecular weight is 418 g/mol. The minimum atomic E-state index is -0.175. The second kappa shape index (κ2) is 8.43. The molecule has 1 saturated heterocycles. The fourth-order valence-corrected chi connectivity index (χ4v) is 3.52. The molecule has 7 nitrogen and oxygen atoms in total. The summed E-state index contributed by atoms with van der Waals surface area (Å²) in [6, 6.07) is 9.85. The summed E-state index contributed by atoms with van der Waals surface area (Å²) in [5.41, 5.74) is 1.84. The number of rotatable bonds is 5. The SMILES string of the molecule is Cc1c(C(=O)N(CCC#N)C2CCOCC2)nnn1-c1cccc(Br)c1. The maximum atomic E-state index is 13.1. The largest absolute Gasteiger partial charge is 0.381 e. The van der Waals surface area contributed by atoms with Crippen molar-refractivity contribution >= 4 is 21.8 Å². The van der Waals surface area contributed by atoms with Crippen LogP contribution in [0.15, 0.2) is 28.7 Å². The number of benzene rings is 1. The third-order valence-electron chi connectivity index (χ3n) is 4.51. The monoisotopic (exact) mass is 417 g/mol. The lowest BCUT2D eigenvalue weighted by Gasteiger charge is -2.33. The molecule has 1 aromatic heterocycles. The molecule has 26 heavy (non-hydrogen) atoms. The van der Waals surface area contributed by atoms with E-state index in [1.165, 1.54) is 0 Å². The van der Waals surface area contributed by atoms with Crippen LogP contribution in [0.2, 0.25) is 0 Å². The van der Waals surface area contributed by atoms with Crippen LogP contribution in [-0.4, -0.2) is 51.6 Å². The quantitative estimate of drug-likeness (QED) is 0.746. The van der Waals surface area contributed by atoms with Gasteiger partial charge in [-0.05, 0) is 38.0 Å². The van der Waals surface area contributed by atoms with Gasteiger partial charge in [-0.1, -0.05) is 27.2 Å². The Morgan fingerprint density at radius 1 is 1.46 bits per heavy atom. The molecule has 0 aliphatic carbocycles. The molecule has 2 aromatic rings. The van der Waals surface area contributed by atoms with E-state index in [2.05, 4.69) is 32.3 Å². The number of aromatic nitrogens is 3. The van der Waals surface area contributed by atoms with Gasteiger partial charge in [0.1, 0.15) is 0 Å². The van der Waals surface area contributed by atoms with E-state index in [1.807, 2.05) is 31.2 Å². The molecule has 0 radical (unpaired) electrons. The Kier molecular flexibility index (Phi) is 6.01. The van der Waals surface area contributed by atoms with Crippen LogP contribution in [0.1, 0.15) is 35.4 Å². The molecule has 0 unspecified atom stereocenters. The van der Waals surface area contributed by atoms with Gasteiger partial charge in [-0.15, -0.1) is 5.10 Å². The lowest BCUT2D eigenvalue weighted by Crippen LogP contribution is -2.44. The van der Waals surface area contributed by atoms with E-state index < -0.39 is 0 Å². The molecule has 3 rings (SSSR count). The predicted molar refractivity (Wildman–Crippen MR) is 98.9 cm³/mol. The van der Waals surface area contributed by atoms with Crippen LogP contribution in [0.25, 0.3) is 5.69 Å². The Morgan fingerprint density at radius 2 is 2.23 bits per heavy atom. The summed E-state index contributed by atoms with van der Waals surface area (Å²) in [5, 5.41) is 17.3. The summed E-state index contributed by atoms with van der Waals surface area (Å²) in [4.78, 5) is 14.9. The second-order valence-corrected chi connectivity index (χ2v) is 7.08. The van der Waals surface area contributed by atoms with Crippen molar-refractivity contribution in [1.29, 1.82) is 5.26 Å². The fourth-order valence-electron chi connectivity index (χ4n) is 3.13. The van der Waals surface area contributed by atoms with Crippen LogP contribution in [0, 0.1) is 18.3 Å². The maximum Gasteiger partial charge on any atom is 0.276 e. The molecule has 1 aliphatic heterocycles. The molecule has 0 spiro atoms. The van der Waals surface area contributed by atoms with E-state index in [4.69, 9.17) is 10.00 Å². The zero-order valence-electron chi connectivity index (χ0n) is 14.6. The Bertz CT molecular complexity index is 823. The van der Waals surface area contributed by atoms with Gasteiger partial charge in [-0.3, -0.25) is 4.79 Å². The lowest BCUT2D eigenvalue weighted by atomic mass is 10.1. The van der Waals surface area contributed by atoms with Crippen LogP contribution in [0.3, 0.4) is 0 Å². The summed E-state index contributed by atoms with van der Waals surface area (Å²) in [6.45, 7) is 3.49. The molecule has 1 aliphatic rings. The number of nitrogens with zero attached hydrogens (tertiary/aromatic N) is 5. The highest BCUT2D eigenvalue weighted by Gasteiger charge is 2.29. The summed E-state index contributed by atoms with van der Waals surface area (Å²) in [6.07, 6.45) is 1.84. The predicted octanol–water partition coefficient (Wildman–Crippen LogP) is 2.87. The first-order valence-corrected chi connectivity index (χ1v) is 9.35. The zero-order valence-corrected chi connectivity index (χ0v) is 16.1. The Hall–Kier alpha value is -2.24. The molecule has 0 saturated carbocycles. The summed E-state index contributed by atoms with van der Waals surface area (Å²) in [5.74, 6) is -0.175. The summed E-state index contributed by atoms with van der Waals surface area (Å²) >= 11 is 3.44. The Labute approximate surface area is 160 Å². The van der Waals surface area contributed by atoms with Crippen molar-refractivity contribution in [3.05, 3.63) is 40.1 Å². The van der Waals surface area contributed by atoms with Gasteiger partial charge >= 0.3 is 0 Å². The third kappa shape index (κ3) is 3.94. The van der Waals surface area contributed by atoms with Gasteiger partial charge in [0.15, 0.2) is 5.69 Å². The Morgan fingerprint density at radius 3 is 2.92 bits per heavy atom. The topological polar surface area (TPSA) is 84.0 Å². The number of carbonyl (C=O) groups excluding carboxylic acids is 1. The molecule has 2 heterocycles. The molecular weight excluding hydrogens is 398 g/mol. The summed E-state index contributed by atoms with van der Waals surface area (Å²) < 4.78 is 7.98. The smallest absolute Gasteiger partial charge is 0.276 e. The van der Waals surface area contributed by atoms with Crippen LogP contribution >= 0.6 is 15.9 Å².